The molecule has 1 aliphatic rings. The van der Waals surface area contributed by atoms with Crippen LogP contribution in [-0.2, 0) is 9.47 Å². The second-order valence-electron chi connectivity index (χ2n) is 7.37. The van der Waals surface area contributed by atoms with Crippen LogP contribution in [0.1, 0.15) is 45.2 Å². The third-order valence-electron chi connectivity index (χ3n) is 4.96. The fourth-order valence-corrected chi connectivity index (χ4v) is 3.47. The van der Waals surface area contributed by atoms with Crippen LogP contribution in [0.2, 0.25) is 0 Å². The van der Waals surface area contributed by atoms with E-state index < -0.39 is 0 Å². The number of methoxy groups -OCH3 is 1. The number of nitrogens with one attached hydrogen (secondary N) is 3. The SMILES string of the molecule is CCNC(=NCC1(NC(C)c2ccccc2)CCOCC1)NC(C)COC.I. The van der Waals surface area contributed by atoms with E-state index in [4.69, 9.17) is 14.5 Å². The van der Waals surface area contributed by atoms with Crippen molar-refractivity contribution in [1.82, 2.24) is 16.0 Å². The van der Waals surface area contributed by atoms with Crippen molar-refractivity contribution in [1.29, 1.82) is 0 Å². The molecule has 7 heteroatoms. The summed E-state index contributed by atoms with van der Waals surface area (Å²) in [4.78, 5) is 4.90. The molecule has 28 heavy (non-hydrogen) atoms. The summed E-state index contributed by atoms with van der Waals surface area (Å²) >= 11 is 0. The summed E-state index contributed by atoms with van der Waals surface area (Å²) in [6.07, 6.45) is 1.92. The molecule has 3 N–H and O–H groups in total. The molecule has 0 aromatic heterocycles. The molecule has 0 saturated carbocycles. The van der Waals surface area contributed by atoms with E-state index in [1.165, 1.54) is 5.56 Å². The van der Waals surface area contributed by atoms with Crippen molar-refractivity contribution in [2.24, 2.45) is 4.99 Å². The zero-order valence-corrected chi connectivity index (χ0v) is 20.0. The van der Waals surface area contributed by atoms with E-state index in [1.54, 1.807) is 7.11 Å². The molecule has 6 nitrogen and oxygen atoms in total. The molecule has 0 amide bonds. The van der Waals surface area contributed by atoms with Gasteiger partial charge in [-0.1, -0.05) is 30.3 Å². The number of hydrogen-bond donors (Lipinski definition) is 3. The third-order valence-corrected chi connectivity index (χ3v) is 4.96. The molecular weight excluding hydrogens is 467 g/mol. The van der Waals surface area contributed by atoms with Crippen molar-refractivity contribution >= 4 is 29.9 Å². The Kier molecular flexibility index (Phi) is 12.0. The van der Waals surface area contributed by atoms with Gasteiger partial charge in [-0.05, 0) is 39.2 Å². The van der Waals surface area contributed by atoms with Crippen molar-refractivity contribution in [2.75, 3.05) is 40.0 Å². The summed E-state index contributed by atoms with van der Waals surface area (Å²) in [5, 5.41) is 10.6. The molecule has 2 unspecified atom stereocenters. The fourth-order valence-electron chi connectivity index (χ4n) is 3.47. The molecule has 0 radical (unpaired) electrons. The number of guanidine groups is 1. The number of ether oxygens (including phenoxy) is 2. The van der Waals surface area contributed by atoms with Gasteiger partial charge in [0.2, 0.25) is 0 Å². The maximum absolute atomic E-state index is 5.63. The zero-order valence-electron chi connectivity index (χ0n) is 17.7. The molecule has 2 atom stereocenters. The van der Waals surface area contributed by atoms with Gasteiger partial charge in [0.1, 0.15) is 0 Å². The molecule has 1 aromatic carbocycles. The van der Waals surface area contributed by atoms with Gasteiger partial charge in [0.25, 0.3) is 0 Å². The van der Waals surface area contributed by atoms with Crippen molar-refractivity contribution in [3.05, 3.63) is 35.9 Å². The highest BCUT2D eigenvalue weighted by molar-refractivity contribution is 14.0. The summed E-state index contributed by atoms with van der Waals surface area (Å²) in [5.41, 5.74) is 1.24. The average molecular weight is 504 g/mol. The highest BCUT2D eigenvalue weighted by Gasteiger charge is 2.34. The number of halogens is 1. The van der Waals surface area contributed by atoms with Gasteiger partial charge in [-0.3, -0.25) is 4.99 Å². The van der Waals surface area contributed by atoms with Crippen LogP contribution in [0, 0.1) is 0 Å². The molecule has 0 spiro atoms. The lowest BCUT2D eigenvalue weighted by molar-refractivity contribution is 0.0374. The van der Waals surface area contributed by atoms with Gasteiger partial charge in [0, 0.05) is 44.5 Å². The van der Waals surface area contributed by atoms with E-state index in [0.717, 1.165) is 38.6 Å². The van der Waals surface area contributed by atoms with E-state index in [2.05, 4.69) is 67.1 Å². The smallest absolute Gasteiger partial charge is 0.191 e. The molecule has 160 valence electrons. The van der Waals surface area contributed by atoms with Crippen molar-refractivity contribution in [3.63, 3.8) is 0 Å². The number of nitrogens with zero attached hydrogens (tertiary/aromatic N) is 1. The van der Waals surface area contributed by atoms with E-state index >= 15 is 0 Å². The number of rotatable bonds is 9. The summed E-state index contributed by atoms with van der Waals surface area (Å²) < 4.78 is 10.9. The number of benzene rings is 1. The lowest BCUT2D eigenvalue weighted by Gasteiger charge is -2.39. The molecule has 1 fully saturated rings. The first kappa shape index (κ1) is 25.1. The monoisotopic (exact) mass is 504 g/mol. The Morgan fingerprint density at radius 1 is 1.21 bits per heavy atom. The topological polar surface area (TPSA) is 66.9 Å². The molecular formula is C21H37IN4O2. The predicted octanol–water partition coefficient (Wildman–Crippen LogP) is 3.09. The Labute approximate surface area is 187 Å². The molecule has 2 rings (SSSR count). The number of hydrogen-bond acceptors (Lipinski definition) is 4. The molecule has 1 heterocycles. The Bertz CT molecular complexity index is 565. The summed E-state index contributed by atoms with van der Waals surface area (Å²) in [5.74, 6) is 0.835. The van der Waals surface area contributed by atoms with Gasteiger partial charge in [0.15, 0.2) is 5.96 Å². The van der Waals surface area contributed by atoms with E-state index in [-0.39, 0.29) is 41.6 Å². The Morgan fingerprint density at radius 2 is 1.89 bits per heavy atom. The highest BCUT2D eigenvalue weighted by Crippen LogP contribution is 2.26. The van der Waals surface area contributed by atoms with Gasteiger partial charge < -0.3 is 25.4 Å². The lowest BCUT2D eigenvalue weighted by Crippen LogP contribution is -2.53. The van der Waals surface area contributed by atoms with Crippen LogP contribution in [0.3, 0.4) is 0 Å². The van der Waals surface area contributed by atoms with Crippen LogP contribution < -0.4 is 16.0 Å². The van der Waals surface area contributed by atoms with Crippen molar-refractivity contribution < 1.29 is 9.47 Å². The maximum atomic E-state index is 5.63. The molecule has 0 aliphatic carbocycles. The van der Waals surface area contributed by atoms with Crippen LogP contribution in [0.25, 0.3) is 0 Å². The van der Waals surface area contributed by atoms with E-state index in [1.807, 2.05) is 0 Å². The predicted molar refractivity (Wildman–Crippen MR) is 127 cm³/mol. The summed E-state index contributed by atoms with van der Waals surface area (Å²) in [6, 6.07) is 11.1. The lowest BCUT2D eigenvalue weighted by atomic mass is 9.88. The van der Waals surface area contributed by atoms with Crippen LogP contribution >= 0.6 is 24.0 Å². The van der Waals surface area contributed by atoms with Gasteiger partial charge in [-0.15, -0.1) is 24.0 Å². The van der Waals surface area contributed by atoms with E-state index in [0.29, 0.717) is 13.2 Å². The zero-order chi connectivity index (χ0) is 19.5. The first-order valence-electron chi connectivity index (χ1n) is 10.0. The van der Waals surface area contributed by atoms with Gasteiger partial charge >= 0.3 is 0 Å². The van der Waals surface area contributed by atoms with Crippen LogP contribution in [0.15, 0.2) is 35.3 Å². The first-order chi connectivity index (χ1) is 13.1. The normalized spacial score (nSPS) is 18.6. The summed E-state index contributed by atoms with van der Waals surface area (Å²) in [6.45, 7) is 10.1. The Balaban J connectivity index is 0.00000392. The fraction of sp³-hybridized carbons (Fsp3) is 0.667. The van der Waals surface area contributed by atoms with Crippen LogP contribution in [0.4, 0.5) is 0 Å². The number of aliphatic imine (C=N–C) groups is 1. The quantitative estimate of drug-likeness (QED) is 0.274. The van der Waals surface area contributed by atoms with E-state index in [9.17, 15) is 0 Å². The minimum atomic E-state index is -0.0552. The third kappa shape index (κ3) is 8.23. The second-order valence-corrected chi connectivity index (χ2v) is 7.37. The Hall–Kier alpha value is -0.900. The van der Waals surface area contributed by atoms with Gasteiger partial charge in [-0.2, -0.15) is 0 Å². The summed E-state index contributed by atoms with van der Waals surface area (Å²) in [7, 11) is 1.72. The first-order valence-corrected chi connectivity index (χ1v) is 10.0. The molecule has 0 bridgehead atoms. The van der Waals surface area contributed by atoms with Crippen LogP contribution in [0.5, 0.6) is 0 Å². The van der Waals surface area contributed by atoms with Gasteiger partial charge in [-0.25, -0.2) is 0 Å². The van der Waals surface area contributed by atoms with Crippen molar-refractivity contribution in [3.8, 4) is 0 Å². The highest BCUT2D eigenvalue weighted by atomic mass is 127. The Morgan fingerprint density at radius 3 is 2.50 bits per heavy atom. The minimum Gasteiger partial charge on any atom is -0.383 e. The second kappa shape index (κ2) is 13.3. The standard InChI is InChI=1S/C21H36N4O2.HI/c1-5-22-20(24-17(2)15-26-4)23-16-21(11-13-27-14-12-21)25-18(3)19-9-7-6-8-10-19;/h6-10,17-18,25H,5,11-16H2,1-4H3,(H2,22,23,24);1H. The average Bonchev–Trinajstić information content (AvgIpc) is 2.68. The van der Waals surface area contributed by atoms with Crippen molar-refractivity contribution in [2.45, 2.75) is 51.2 Å². The maximum Gasteiger partial charge on any atom is 0.191 e. The molecule has 1 aliphatic heterocycles. The van der Waals surface area contributed by atoms with Crippen LogP contribution in [-0.4, -0.2) is 57.6 Å². The largest absolute Gasteiger partial charge is 0.383 e. The minimum absolute atomic E-state index is 0. The molecule has 1 saturated heterocycles. The van der Waals surface area contributed by atoms with Gasteiger partial charge in [0.05, 0.1) is 13.2 Å². The molecule has 1 aromatic rings.